The van der Waals surface area contributed by atoms with Gasteiger partial charge < -0.3 is 15.5 Å². The minimum absolute atomic E-state index is 0.0883. The lowest BCUT2D eigenvalue weighted by Crippen LogP contribution is -2.45. The summed E-state index contributed by atoms with van der Waals surface area (Å²) in [6, 6.07) is -0.640. The van der Waals surface area contributed by atoms with Crippen molar-refractivity contribution in [1.29, 1.82) is 0 Å². The number of aliphatic hydroxyl groups excluding tert-OH is 2. The predicted molar refractivity (Wildman–Crippen MR) is 170 cm³/mol. The maximum Gasteiger partial charge on any atom is 0.220 e. The lowest BCUT2D eigenvalue weighted by Gasteiger charge is -2.19. The third-order valence-electron chi connectivity index (χ3n) is 7.03. The molecule has 3 N–H and O–H groups in total. The van der Waals surface area contributed by atoms with Crippen molar-refractivity contribution in [3.05, 3.63) is 48.6 Å². The molecule has 0 rings (SSSR count). The van der Waals surface area contributed by atoms with E-state index in [4.69, 9.17) is 0 Å². The van der Waals surface area contributed by atoms with Gasteiger partial charge in [-0.3, -0.25) is 4.79 Å². The van der Waals surface area contributed by atoms with Crippen LogP contribution in [0.3, 0.4) is 0 Å². The van der Waals surface area contributed by atoms with E-state index >= 15 is 0 Å². The van der Waals surface area contributed by atoms with E-state index < -0.39 is 12.1 Å². The Hall–Kier alpha value is -1.65. The van der Waals surface area contributed by atoms with Crippen molar-refractivity contribution in [2.24, 2.45) is 0 Å². The number of nitrogens with one attached hydrogen (secondary N) is 1. The van der Waals surface area contributed by atoms with Gasteiger partial charge in [0.15, 0.2) is 0 Å². The number of hydrogen-bond acceptors (Lipinski definition) is 3. The molecule has 0 fully saturated rings. The number of hydrogen-bond donors (Lipinski definition) is 3. The van der Waals surface area contributed by atoms with E-state index in [1.807, 2.05) is 6.08 Å². The zero-order chi connectivity index (χ0) is 28.7. The van der Waals surface area contributed by atoms with Crippen molar-refractivity contribution in [2.75, 3.05) is 6.61 Å². The maximum atomic E-state index is 12.2. The monoisotopic (exact) mass is 545 g/mol. The van der Waals surface area contributed by atoms with Gasteiger partial charge in [0.1, 0.15) is 0 Å². The summed E-state index contributed by atoms with van der Waals surface area (Å²) >= 11 is 0. The quantitative estimate of drug-likeness (QED) is 0.0677. The normalized spacial score (nSPS) is 13.8. The number of aliphatic hydroxyl groups is 2. The third kappa shape index (κ3) is 27.7. The molecule has 0 heterocycles. The Morgan fingerprint density at radius 2 is 1.08 bits per heavy atom. The van der Waals surface area contributed by atoms with Crippen LogP contribution in [0.1, 0.15) is 149 Å². The topological polar surface area (TPSA) is 69.6 Å². The van der Waals surface area contributed by atoms with Gasteiger partial charge >= 0.3 is 0 Å². The first-order chi connectivity index (χ1) is 19.2. The van der Waals surface area contributed by atoms with Crippen molar-refractivity contribution in [3.8, 4) is 0 Å². The van der Waals surface area contributed by atoms with E-state index in [1.54, 1.807) is 6.08 Å². The molecule has 0 aromatic rings. The molecular weight excluding hydrogens is 482 g/mol. The van der Waals surface area contributed by atoms with Gasteiger partial charge in [-0.15, -0.1) is 0 Å². The van der Waals surface area contributed by atoms with Crippen LogP contribution in [0.2, 0.25) is 0 Å². The summed E-state index contributed by atoms with van der Waals surface area (Å²) in [5.41, 5.74) is 0. The molecule has 4 heteroatoms. The first-order valence-corrected chi connectivity index (χ1v) is 16.4. The highest BCUT2D eigenvalue weighted by molar-refractivity contribution is 5.76. The molecule has 2 unspecified atom stereocenters. The second-order valence-electron chi connectivity index (χ2n) is 10.9. The minimum Gasteiger partial charge on any atom is -0.394 e. The molecule has 2 atom stereocenters. The largest absolute Gasteiger partial charge is 0.394 e. The maximum absolute atomic E-state index is 12.2. The van der Waals surface area contributed by atoms with E-state index in [0.29, 0.717) is 6.42 Å². The molecule has 0 aliphatic heterocycles. The molecule has 0 aromatic heterocycles. The molecule has 4 nitrogen and oxygen atoms in total. The zero-order valence-electron chi connectivity index (χ0n) is 25.6. The van der Waals surface area contributed by atoms with Gasteiger partial charge in [0, 0.05) is 6.42 Å². The highest BCUT2D eigenvalue weighted by atomic mass is 16.3. The van der Waals surface area contributed by atoms with Gasteiger partial charge in [-0.05, 0) is 64.2 Å². The lowest BCUT2D eigenvalue weighted by molar-refractivity contribution is -0.123. The Kier molecular flexibility index (Phi) is 29.6. The van der Waals surface area contributed by atoms with Crippen LogP contribution in [0.15, 0.2) is 48.6 Å². The second-order valence-corrected chi connectivity index (χ2v) is 10.9. The molecule has 226 valence electrons. The average molecular weight is 546 g/mol. The minimum atomic E-state index is -0.862. The smallest absolute Gasteiger partial charge is 0.220 e. The summed E-state index contributed by atoms with van der Waals surface area (Å²) in [6.07, 6.45) is 40.4. The zero-order valence-corrected chi connectivity index (χ0v) is 25.6. The van der Waals surface area contributed by atoms with Crippen LogP contribution in [0.5, 0.6) is 0 Å². The summed E-state index contributed by atoms with van der Waals surface area (Å²) < 4.78 is 0. The molecule has 0 aliphatic carbocycles. The van der Waals surface area contributed by atoms with Gasteiger partial charge in [0.05, 0.1) is 18.8 Å². The summed E-state index contributed by atoms with van der Waals surface area (Å²) in [4.78, 5) is 12.2. The summed E-state index contributed by atoms with van der Waals surface area (Å²) in [5.74, 6) is -0.0883. The SMILES string of the molecule is CCCCC/C=C/CC/C=C/C(O)C(CO)NC(=O)CCCCCCCCC/C=C\C/C=C\CCCCCC. The standard InChI is InChI=1S/C35H63NO3/c1-3-5-7-9-11-13-14-15-16-17-18-19-20-21-23-25-27-29-31-35(39)36-33(32-37)34(38)30-28-26-24-22-12-10-8-6-4-2/h12-14,16-17,22,28,30,33-34,37-38H,3-11,15,18-21,23-27,29,31-32H2,1-2H3,(H,36,39)/b14-13-,17-16-,22-12+,30-28+. The molecule has 39 heavy (non-hydrogen) atoms. The van der Waals surface area contributed by atoms with Crippen LogP contribution < -0.4 is 5.32 Å². The van der Waals surface area contributed by atoms with E-state index in [2.05, 4.69) is 55.6 Å². The average Bonchev–Trinajstić information content (AvgIpc) is 2.94. The van der Waals surface area contributed by atoms with Gasteiger partial charge in [-0.2, -0.15) is 0 Å². The Morgan fingerprint density at radius 1 is 0.615 bits per heavy atom. The van der Waals surface area contributed by atoms with Gasteiger partial charge in [-0.25, -0.2) is 0 Å². The number of unbranched alkanes of at least 4 members (excludes halogenated alkanes) is 15. The van der Waals surface area contributed by atoms with Crippen LogP contribution in [0, 0.1) is 0 Å². The van der Waals surface area contributed by atoms with E-state index in [1.165, 1.54) is 83.5 Å². The van der Waals surface area contributed by atoms with Crippen molar-refractivity contribution >= 4 is 5.91 Å². The molecule has 0 saturated carbocycles. The molecule has 0 saturated heterocycles. The fourth-order valence-corrected chi connectivity index (χ4v) is 4.46. The van der Waals surface area contributed by atoms with Crippen LogP contribution in [-0.4, -0.2) is 34.9 Å². The number of amides is 1. The molecular formula is C35H63NO3. The number of allylic oxidation sites excluding steroid dienone is 7. The molecule has 0 radical (unpaired) electrons. The Morgan fingerprint density at radius 3 is 1.69 bits per heavy atom. The summed E-state index contributed by atoms with van der Waals surface area (Å²) in [6.45, 7) is 4.20. The van der Waals surface area contributed by atoms with E-state index in [-0.39, 0.29) is 12.5 Å². The molecule has 0 aliphatic rings. The highest BCUT2D eigenvalue weighted by Crippen LogP contribution is 2.11. The number of carbonyl (C=O) groups excluding carboxylic acids is 1. The first-order valence-electron chi connectivity index (χ1n) is 16.4. The molecule has 1 amide bonds. The Bertz CT molecular complexity index is 638. The number of carbonyl (C=O) groups is 1. The van der Waals surface area contributed by atoms with E-state index in [0.717, 1.165) is 44.9 Å². The van der Waals surface area contributed by atoms with Gasteiger partial charge in [-0.1, -0.05) is 127 Å². The lowest BCUT2D eigenvalue weighted by atomic mass is 10.1. The van der Waals surface area contributed by atoms with Crippen LogP contribution in [0.4, 0.5) is 0 Å². The highest BCUT2D eigenvalue weighted by Gasteiger charge is 2.17. The Labute approximate surface area is 242 Å². The number of rotatable bonds is 28. The predicted octanol–water partition coefficient (Wildman–Crippen LogP) is 9.28. The van der Waals surface area contributed by atoms with E-state index in [9.17, 15) is 15.0 Å². The van der Waals surface area contributed by atoms with Crippen molar-refractivity contribution in [3.63, 3.8) is 0 Å². The van der Waals surface area contributed by atoms with Gasteiger partial charge in [0.2, 0.25) is 5.91 Å². The van der Waals surface area contributed by atoms with Crippen molar-refractivity contribution < 1.29 is 15.0 Å². The summed E-state index contributed by atoms with van der Waals surface area (Å²) in [5, 5.41) is 22.7. The fraction of sp³-hybridized carbons (Fsp3) is 0.743. The fourth-order valence-electron chi connectivity index (χ4n) is 4.46. The third-order valence-corrected chi connectivity index (χ3v) is 7.03. The summed E-state index contributed by atoms with van der Waals surface area (Å²) in [7, 11) is 0. The van der Waals surface area contributed by atoms with Crippen molar-refractivity contribution in [2.45, 2.75) is 161 Å². The van der Waals surface area contributed by atoms with Crippen LogP contribution >= 0.6 is 0 Å². The van der Waals surface area contributed by atoms with Crippen LogP contribution in [0.25, 0.3) is 0 Å². The first kappa shape index (κ1) is 37.4. The Balaban J connectivity index is 3.69. The molecule has 0 aromatic carbocycles. The molecule has 0 bridgehead atoms. The molecule has 0 spiro atoms. The van der Waals surface area contributed by atoms with Crippen molar-refractivity contribution in [1.82, 2.24) is 5.32 Å². The second kappa shape index (κ2) is 30.9. The van der Waals surface area contributed by atoms with Gasteiger partial charge in [0.25, 0.3) is 0 Å². The van der Waals surface area contributed by atoms with Crippen LogP contribution in [-0.2, 0) is 4.79 Å².